The van der Waals surface area contributed by atoms with Crippen LogP contribution in [0.1, 0.15) is 29.9 Å². The Kier molecular flexibility index (Phi) is 5.31. The molecule has 1 atom stereocenters. The summed E-state index contributed by atoms with van der Waals surface area (Å²) in [4.78, 5) is 0. The number of rotatable bonds is 6. The molecule has 1 heterocycles. The fourth-order valence-corrected chi connectivity index (χ4v) is 2.93. The highest BCUT2D eigenvalue weighted by molar-refractivity contribution is 9.10. The van der Waals surface area contributed by atoms with Crippen molar-refractivity contribution in [1.29, 1.82) is 0 Å². The van der Waals surface area contributed by atoms with Crippen LogP contribution in [0.5, 0.6) is 11.5 Å². The zero-order valence-electron chi connectivity index (χ0n) is 12.7. The smallest absolute Gasteiger partial charge is 0.161 e. The largest absolute Gasteiger partial charge is 0.493 e. The lowest BCUT2D eigenvalue weighted by molar-refractivity contribution is 0.354. The Hall–Kier alpha value is -1.46. The van der Waals surface area contributed by atoms with Crippen molar-refractivity contribution in [3.05, 3.63) is 45.8 Å². The van der Waals surface area contributed by atoms with E-state index in [0.717, 1.165) is 27.9 Å². The van der Waals surface area contributed by atoms with Gasteiger partial charge in [0.15, 0.2) is 11.5 Å². The van der Waals surface area contributed by atoms with Crippen LogP contribution >= 0.6 is 15.9 Å². The van der Waals surface area contributed by atoms with E-state index < -0.39 is 0 Å². The molecule has 0 aliphatic heterocycles. The van der Waals surface area contributed by atoms with E-state index in [1.807, 2.05) is 25.1 Å². The molecule has 0 aliphatic rings. The van der Waals surface area contributed by atoms with E-state index in [1.165, 1.54) is 0 Å². The predicted octanol–water partition coefficient (Wildman–Crippen LogP) is 4.07. The lowest BCUT2D eigenvalue weighted by Crippen LogP contribution is -2.22. The molecule has 0 saturated heterocycles. The number of halogens is 1. The van der Waals surface area contributed by atoms with E-state index in [2.05, 4.69) is 28.2 Å². The van der Waals surface area contributed by atoms with Crippen molar-refractivity contribution < 1.29 is 13.9 Å². The fraction of sp³-hybridized carbons (Fsp3) is 0.375. The molecule has 0 bridgehead atoms. The molecular formula is C16H20BrNO3. The van der Waals surface area contributed by atoms with E-state index in [9.17, 15) is 0 Å². The molecule has 0 spiro atoms. The molecule has 0 saturated carbocycles. The zero-order chi connectivity index (χ0) is 15.4. The molecule has 5 heteroatoms. The van der Waals surface area contributed by atoms with Crippen molar-refractivity contribution >= 4 is 15.9 Å². The molecule has 0 amide bonds. The first-order chi connectivity index (χ1) is 10.1. The zero-order valence-corrected chi connectivity index (χ0v) is 14.3. The second-order valence-electron chi connectivity index (χ2n) is 4.65. The maximum Gasteiger partial charge on any atom is 0.161 e. The third-order valence-corrected chi connectivity index (χ3v) is 4.12. The number of furan rings is 1. The van der Waals surface area contributed by atoms with Crippen LogP contribution in [0.4, 0.5) is 0 Å². The Morgan fingerprint density at radius 3 is 2.38 bits per heavy atom. The quantitative estimate of drug-likeness (QED) is 0.850. The van der Waals surface area contributed by atoms with E-state index in [4.69, 9.17) is 13.9 Å². The highest BCUT2D eigenvalue weighted by Crippen LogP contribution is 2.38. The maximum atomic E-state index is 5.44. The minimum absolute atomic E-state index is 0.0305. The molecule has 4 nitrogen and oxygen atoms in total. The monoisotopic (exact) mass is 353 g/mol. The van der Waals surface area contributed by atoms with Gasteiger partial charge in [0.1, 0.15) is 5.76 Å². The Labute approximate surface area is 133 Å². The number of aryl methyl sites for hydroxylation is 1. The standard InChI is InChI=1S/C16H20BrNO3/c1-5-18-16(11-6-7-21-10(11)2)12-8-14(19-3)15(20-4)9-13(12)17/h6-9,16,18H,5H2,1-4H3. The summed E-state index contributed by atoms with van der Waals surface area (Å²) in [5.41, 5.74) is 2.20. The minimum atomic E-state index is 0.0305. The van der Waals surface area contributed by atoms with Crippen LogP contribution in [0.15, 0.2) is 33.4 Å². The van der Waals surface area contributed by atoms with Gasteiger partial charge in [-0.1, -0.05) is 22.9 Å². The van der Waals surface area contributed by atoms with Gasteiger partial charge in [0, 0.05) is 10.0 Å². The lowest BCUT2D eigenvalue weighted by Gasteiger charge is -2.21. The number of benzene rings is 1. The van der Waals surface area contributed by atoms with Gasteiger partial charge in [-0.25, -0.2) is 0 Å². The number of methoxy groups -OCH3 is 2. The van der Waals surface area contributed by atoms with Gasteiger partial charge in [0.25, 0.3) is 0 Å². The third kappa shape index (κ3) is 3.24. The number of hydrogen-bond acceptors (Lipinski definition) is 4. The van der Waals surface area contributed by atoms with Crippen LogP contribution < -0.4 is 14.8 Å². The molecule has 2 aromatic rings. The van der Waals surface area contributed by atoms with E-state index in [-0.39, 0.29) is 6.04 Å². The molecule has 21 heavy (non-hydrogen) atoms. The lowest BCUT2D eigenvalue weighted by atomic mass is 9.98. The van der Waals surface area contributed by atoms with Crippen LogP contribution in [0, 0.1) is 6.92 Å². The van der Waals surface area contributed by atoms with Gasteiger partial charge >= 0.3 is 0 Å². The summed E-state index contributed by atoms with van der Waals surface area (Å²) < 4.78 is 17.2. The molecule has 2 rings (SSSR count). The molecule has 1 aromatic heterocycles. The van der Waals surface area contributed by atoms with Gasteiger partial charge in [0.05, 0.1) is 26.5 Å². The Balaban J connectivity index is 2.53. The van der Waals surface area contributed by atoms with Crippen molar-refractivity contribution in [2.24, 2.45) is 0 Å². The minimum Gasteiger partial charge on any atom is -0.493 e. The second kappa shape index (κ2) is 7.00. The summed E-state index contributed by atoms with van der Waals surface area (Å²) in [6.45, 7) is 4.89. The first kappa shape index (κ1) is 15.9. The molecule has 1 N–H and O–H groups in total. The fourth-order valence-electron chi connectivity index (χ4n) is 2.38. The topological polar surface area (TPSA) is 43.6 Å². The Morgan fingerprint density at radius 1 is 1.19 bits per heavy atom. The SMILES string of the molecule is CCNC(c1cc(OC)c(OC)cc1Br)c1ccoc1C. The summed E-state index contributed by atoms with van der Waals surface area (Å²) >= 11 is 3.63. The van der Waals surface area contributed by atoms with Crippen molar-refractivity contribution in [1.82, 2.24) is 5.32 Å². The summed E-state index contributed by atoms with van der Waals surface area (Å²) in [5.74, 6) is 2.31. The first-order valence-electron chi connectivity index (χ1n) is 6.81. The van der Waals surface area contributed by atoms with Crippen LogP contribution in [0.2, 0.25) is 0 Å². The van der Waals surface area contributed by atoms with Gasteiger partial charge in [0.2, 0.25) is 0 Å². The maximum absolute atomic E-state index is 5.44. The molecule has 0 fully saturated rings. The highest BCUT2D eigenvalue weighted by atomic mass is 79.9. The molecule has 1 aromatic carbocycles. The number of nitrogens with one attached hydrogen (secondary N) is 1. The molecule has 114 valence electrons. The average molecular weight is 354 g/mol. The van der Waals surface area contributed by atoms with Crippen LogP contribution in [0.25, 0.3) is 0 Å². The van der Waals surface area contributed by atoms with Crippen LogP contribution in [-0.2, 0) is 0 Å². The summed E-state index contributed by atoms with van der Waals surface area (Å²) in [7, 11) is 3.27. The molecule has 0 aliphatic carbocycles. The normalized spacial score (nSPS) is 12.2. The van der Waals surface area contributed by atoms with Gasteiger partial charge < -0.3 is 19.2 Å². The van der Waals surface area contributed by atoms with Crippen LogP contribution in [-0.4, -0.2) is 20.8 Å². The summed E-state index contributed by atoms with van der Waals surface area (Å²) in [6.07, 6.45) is 1.71. The molecule has 0 radical (unpaired) electrons. The van der Waals surface area contributed by atoms with Gasteiger partial charge in [-0.3, -0.25) is 0 Å². The van der Waals surface area contributed by atoms with Crippen molar-refractivity contribution in [2.45, 2.75) is 19.9 Å². The van der Waals surface area contributed by atoms with E-state index >= 15 is 0 Å². The van der Waals surface area contributed by atoms with Gasteiger partial charge in [-0.2, -0.15) is 0 Å². The van der Waals surface area contributed by atoms with Crippen molar-refractivity contribution in [3.63, 3.8) is 0 Å². The van der Waals surface area contributed by atoms with Crippen molar-refractivity contribution in [2.75, 3.05) is 20.8 Å². The number of ether oxygens (including phenoxy) is 2. The summed E-state index contributed by atoms with van der Waals surface area (Å²) in [6, 6.07) is 5.94. The van der Waals surface area contributed by atoms with Crippen LogP contribution in [0.3, 0.4) is 0 Å². The van der Waals surface area contributed by atoms with Gasteiger partial charge in [-0.15, -0.1) is 0 Å². The highest BCUT2D eigenvalue weighted by Gasteiger charge is 2.21. The van der Waals surface area contributed by atoms with E-state index in [0.29, 0.717) is 11.5 Å². The second-order valence-corrected chi connectivity index (χ2v) is 5.51. The summed E-state index contributed by atoms with van der Waals surface area (Å²) in [5, 5.41) is 3.49. The molecular weight excluding hydrogens is 334 g/mol. The first-order valence-corrected chi connectivity index (χ1v) is 7.60. The Bertz CT molecular complexity index is 610. The number of hydrogen-bond donors (Lipinski definition) is 1. The average Bonchev–Trinajstić information content (AvgIpc) is 2.90. The van der Waals surface area contributed by atoms with E-state index in [1.54, 1.807) is 20.5 Å². The Morgan fingerprint density at radius 2 is 1.86 bits per heavy atom. The van der Waals surface area contributed by atoms with Gasteiger partial charge in [-0.05, 0) is 37.2 Å². The van der Waals surface area contributed by atoms with Crippen molar-refractivity contribution in [3.8, 4) is 11.5 Å². The molecule has 1 unspecified atom stereocenters. The third-order valence-electron chi connectivity index (χ3n) is 3.43. The predicted molar refractivity (Wildman–Crippen MR) is 86.2 cm³/mol.